The zero-order valence-electron chi connectivity index (χ0n) is 11.8. The van der Waals surface area contributed by atoms with Crippen LogP contribution in [-0.4, -0.2) is 36.1 Å². The fraction of sp³-hybridized carbons (Fsp3) is 0.467. The maximum Gasteiger partial charge on any atom is 0.243 e. The van der Waals surface area contributed by atoms with Crippen molar-refractivity contribution in [2.24, 2.45) is 5.92 Å². The molecule has 3 atom stereocenters. The Kier molecular flexibility index (Phi) is 3.30. The first-order chi connectivity index (χ1) is 9.98. The standard InChI is InChI=1S/C15H16FNO4/c1-9(18)14-12-7-21-17(10(2)19)15(12,8-20-14)11-5-3-4-6-13(11)16/h3-6,12,14H,7-8H2,1-2H3/t12-,14-,15-/m1/s1. The fourth-order valence-electron chi connectivity index (χ4n) is 3.37. The van der Waals surface area contributed by atoms with Gasteiger partial charge in [-0.3, -0.25) is 14.4 Å². The van der Waals surface area contributed by atoms with Gasteiger partial charge in [-0.1, -0.05) is 18.2 Å². The van der Waals surface area contributed by atoms with E-state index in [-0.39, 0.29) is 24.9 Å². The summed E-state index contributed by atoms with van der Waals surface area (Å²) >= 11 is 0. The highest BCUT2D eigenvalue weighted by Gasteiger charge is 2.62. The molecule has 1 aromatic carbocycles. The minimum absolute atomic E-state index is 0.0441. The van der Waals surface area contributed by atoms with Crippen LogP contribution >= 0.6 is 0 Å². The predicted octanol–water partition coefficient (Wildman–Crippen LogP) is 1.42. The van der Waals surface area contributed by atoms with Gasteiger partial charge in [0.05, 0.1) is 19.1 Å². The number of halogens is 1. The van der Waals surface area contributed by atoms with Gasteiger partial charge >= 0.3 is 0 Å². The molecular weight excluding hydrogens is 277 g/mol. The van der Waals surface area contributed by atoms with Gasteiger partial charge in [0, 0.05) is 12.5 Å². The van der Waals surface area contributed by atoms with Crippen LogP contribution in [0.4, 0.5) is 4.39 Å². The van der Waals surface area contributed by atoms with E-state index < -0.39 is 23.4 Å². The maximum atomic E-state index is 14.3. The fourth-order valence-corrected chi connectivity index (χ4v) is 3.37. The number of hydrogen-bond donors (Lipinski definition) is 0. The molecule has 1 amide bonds. The third-order valence-electron chi connectivity index (χ3n) is 4.23. The van der Waals surface area contributed by atoms with Crippen molar-refractivity contribution in [3.8, 4) is 0 Å². The van der Waals surface area contributed by atoms with Crippen molar-refractivity contribution < 1.29 is 23.6 Å². The van der Waals surface area contributed by atoms with E-state index in [1.54, 1.807) is 18.2 Å². The van der Waals surface area contributed by atoms with E-state index in [9.17, 15) is 14.0 Å². The summed E-state index contributed by atoms with van der Waals surface area (Å²) in [6.07, 6.45) is -0.686. The van der Waals surface area contributed by atoms with Gasteiger partial charge in [0.1, 0.15) is 17.5 Å². The number of carbonyl (C=O) groups excluding carboxylic acids is 2. The Morgan fingerprint density at radius 3 is 2.67 bits per heavy atom. The van der Waals surface area contributed by atoms with Crippen LogP contribution in [0.1, 0.15) is 19.4 Å². The van der Waals surface area contributed by atoms with Gasteiger partial charge in [-0.25, -0.2) is 9.45 Å². The lowest BCUT2D eigenvalue weighted by Gasteiger charge is -2.34. The molecule has 0 radical (unpaired) electrons. The Hall–Kier alpha value is -1.79. The molecule has 0 aliphatic carbocycles. The number of Topliss-reactive ketones (excluding diaryl/α,β-unsaturated/α-hetero) is 1. The summed E-state index contributed by atoms with van der Waals surface area (Å²) in [6, 6.07) is 6.22. The first-order valence-corrected chi connectivity index (χ1v) is 6.79. The SMILES string of the molecule is CC(=O)[C@H]1OC[C@@]2(c3ccccc3F)[C@@H]1CON2C(C)=O. The number of benzene rings is 1. The second-order valence-electron chi connectivity index (χ2n) is 5.46. The number of nitrogens with zero attached hydrogens (tertiary/aromatic N) is 1. The van der Waals surface area contributed by atoms with Gasteiger partial charge in [0.15, 0.2) is 5.78 Å². The summed E-state index contributed by atoms with van der Waals surface area (Å²) in [5.74, 6) is -1.33. The number of hydrogen-bond acceptors (Lipinski definition) is 4. The topological polar surface area (TPSA) is 55.8 Å². The summed E-state index contributed by atoms with van der Waals surface area (Å²) in [5, 5.41) is 1.17. The molecule has 2 saturated heterocycles. The molecule has 0 N–H and O–H groups in total. The Labute approximate surface area is 121 Å². The van der Waals surface area contributed by atoms with E-state index in [0.29, 0.717) is 5.56 Å². The van der Waals surface area contributed by atoms with Crippen molar-refractivity contribution >= 4 is 11.7 Å². The van der Waals surface area contributed by atoms with Gasteiger partial charge in [0.25, 0.3) is 0 Å². The minimum atomic E-state index is -1.08. The number of rotatable bonds is 2. The van der Waals surface area contributed by atoms with Crippen LogP contribution in [0.3, 0.4) is 0 Å². The van der Waals surface area contributed by atoms with Crippen LogP contribution in [0, 0.1) is 11.7 Å². The number of fused-ring (bicyclic) bond motifs is 1. The number of hydroxylamine groups is 2. The summed E-state index contributed by atoms with van der Waals surface area (Å²) in [6.45, 7) is 2.98. The summed E-state index contributed by atoms with van der Waals surface area (Å²) < 4.78 is 19.9. The Bertz CT molecular complexity index is 605. The summed E-state index contributed by atoms with van der Waals surface area (Å²) in [7, 11) is 0. The van der Waals surface area contributed by atoms with Crippen LogP contribution in [0.5, 0.6) is 0 Å². The number of amides is 1. The Balaban J connectivity index is 2.15. The van der Waals surface area contributed by atoms with Crippen LogP contribution in [0.2, 0.25) is 0 Å². The van der Waals surface area contributed by atoms with Crippen molar-refractivity contribution in [1.29, 1.82) is 0 Å². The first kappa shape index (κ1) is 14.2. The molecule has 0 spiro atoms. The summed E-state index contributed by atoms with van der Waals surface area (Å²) in [5.41, 5.74) is -0.750. The third kappa shape index (κ3) is 1.90. The van der Waals surface area contributed by atoms with Crippen LogP contribution < -0.4 is 0 Å². The van der Waals surface area contributed by atoms with E-state index in [1.807, 2.05) is 0 Å². The van der Waals surface area contributed by atoms with Crippen molar-refractivity contribution in [2.45, 2.75) is 25.5 Å². The lowest BCUT2D eigenvalue weighted by atomic mass is 9.77. The number of carbonyl (C=O) groups is 2. The molecule has 0 unspecified atom stereocenters. The van der Waals surface area contributed by atoms with E-state index in [4.69, 9.17) is 9.57 Å². The lowest BCUT2D eigenvalue weighted by Crippen LogP contribution is -2.48. The molecule has 0 bridgehead atoms. The minimum Gasteiger partial charge on any atom is -0.367 e. The molecule has 2 fully saturated rings. The van der Waals surface area contributed by atoms with E-state index in [0.717, 1.165) is 0 Å². The molecule has 6 heteroatoms. The number of ketones is 1. The molecule has 0 saturated carbocycles. The third-order valence-corrected chi connectivity index (χ3v) is 4.23. The molecular formula is C15H16FNO4. The zero-order valence-corrected chi connectivity index (χ0v) is 11.8. The lowest BCUT2D eigenvalue weighted by molar-refractivity contribution is -0.193. The second-order valence-corrected chi connectivity index (χ2v) is 5.46. The molecule has 2 heterocycles. The monoisotopic (exact) mass is 293 g/mol. The first-order valence-electron chi connectivity index (χ1n) is 6.79. The highest BCUT2D eigenvalue weighted by atomic mass is 19.1. The highest BCUT2D eigenvalue weighted by Crippen LogP contribution is 2.49. The predicted molar refractivity (Wildman–Crippen MR) is 70.5 cm³/mol. The van der Waals surface area contributed by atoms with Gasteiger partial charge in [-0.05, 0) is 13.0 Å². The number of ether oxygens (including phenoxy) is 1. The van der Waals surface area contributed by atoms with E-state index in [1.165, 1.54) is 25.0 Å². The highest BCUT2D eigenvalue weighted by molar-refractivity contribution is 5.82. The van der Waals surface area contributed by atoms with Crippen molar-refractivity contribution in [1.82, 2.24) is 5.06 Å². The zero-order chi connectivity index (χ0) is 15.2. The van der Waals surface area contributed by atoms with Gasteiger partial charge in [-0.15, -0.1) is 0 Å². The molecule has 21 heavy (non-hydrogen) atoms. The van der Waals surface area contributed by atoms with Crippen molar-refractivity contribution in [3.63, 3.8) is 0 Å². The van der Waals surface area contributed by atoms with Crippen molar-refractivity contribution in [3.05, 3.63) is 35.6 Å². The largest absolute Gasteiger partial charge is 0.367 e. The normalized spacial score (nSPS) is 31.3. The van der Waals surface area contributed by atoms with Crippen LogP contribution in [0.25, 0.3) is 0 Å². The van der Waals surface area contributed by atoms with Crippen molar-refractivity contribution in [2.75, 3.05) is 13.2 Å². The van der Waals surface area contributed by atoms with Gasteiger partial charge in [0.2, 0.25) is 5.91 Å². The molecule has 1 aromatic rings. The smallest absolute Gasteiger partial charge is 0.243 e. The average Bonchev–Trinajstić information content (AvgIpc) is 2.95. The molecule has 0 aromatic heterocycles. The Morgan fingerprint density at radius 1 is 1.33 bits per heavy atom. The molecule has 112 valence electrons. The average molecular weight is 293 g/mol. The Morgan fingerprint density at radius 2 is 2.05 bits per heavy atom. The molecule has 2 aliphatic heterocycles. The van der Waals surface area contributed by atoms with E-state index in [2.05, 4.69) is 0 Å². The quantitative estimate of drug-likeness (QED) is 0.827. The second kappa shape index (κ2) is 4.89. The van der Waals surface area contributed by atoms with E-state index >= 15 is 0 Å². The molecule has 3 rings (SSSR count). The molecule has 5 nitrogen and oxygen atoms in total. The maximum absolute atomic E-state index is 14.3. The van der Waals surface area contributed by atoms with Gasteiger partial charge < -0.3 is 4.74 Å². The van der Waals surface area contributed by atoms with Crippen LogP contribution in [0.15, 0.2) is 24.3 Å². The molecule has 2 aliphatic rings. The van der Waals surface area contributed by atoms with Crippen LogP contribution in [-0.2, 0) is 24.7 Å². The summed E-state index contributed by atoms with van der Waals surface area (Å²) in [4.78, 5) is 29.1. The van der Waals surface area contributed by atoms with Gasteiger partial charge in [-0.2, -0.15) is 0 Å².